The van der Waals surface area contributed by atoms with E-state index in [1.54, 1.807) is 11.8 Å². The molecule has 1 spiro atoms. The smallest absolute Gasteiger partial charge is 0.258 e. The van der Waals surface area contributed by atoms with E-state index in [9.17, 15) is 4.79 Å². The van der Waals surface area contributed by atoms with Gasteiger partial charge in [-0.25, -0.2) is 4.98 Å². The van der Waals surface area contributed by atoms with E-state index in [-0.39, 0.29) is 11.0 Å². The van der Waals surface area contributed by atoms with Crippen molar-refractivity contribution in [1.29, 1.82) is 0 Å². The lowest BCUT2D eigenvalue weighted by Crippen LogP contribution is -2.40. The first-order valence-corrected chi connectivity index (χ1v) is 10.3. The average Bonchev–Trinajstić information content (AvgIpc) is 3.03. The molecule has 2 aliphatic rings. The lowest BCUT2D eigenvalue weighted by Gasteiger charge is -2.36. The van der Waals surface area contributed by atoms with Gasteiger partial charge in [-0.3, -0.25) is 9.36 Å². The molecule has 0 bridgehead atoms. The molecule has 1 heterocycles. The van der Waals surface area contributed by atoms with E-state index in [0.717, 1.165) is 35.7 Å². The fourth-order valence-electron chi connectivity index (χ4n) is 4.62. The normalized spacial score (nSPS) is 17.8. The molecule has 2 aliphatic carbocycles. The van der Waals surface area contributed by atoms with Crippen LogP contribution >= 0.6 is 11.8 Å². The van der Waals surface area contributed by atoms with E-state index < -0.39 is 0 Å². The second-order valence-corrected chi connectivity index (χ2v) is 9.20. The van der Waals surface area contributed by atoms with Crippen molar-refractivity contribution in [2.24, 2.45) is 0 Å². The fourth-order valence-corrected chi connectivity index (χ4v) is 5.53. The minimum atomic E-state index is 0.00567. The van der Waals surface area contributed by atoms with Gasteiger partial charge in [-0.15, -0.1) is 0 Å². The molecule has 1 aromatic carbocycles. The van der Waals surface area contributed by atoms with Crippen LogP contribution in [0.2, 0.25) is 0 Å². The summed E-state index contributed by atoms with van der Waals surface area (Å²) in [5.74, 6) is 0. The van der Waals surface area contributed by atoms with Crippen molar-refractivity contribution in [3.8, 4) is 11.3 Å². The lowest BCUT2D eigenvalue weighted by atomic mass is 9.68. The molecule has 4 heteroatoms. The Morgan fingerprint density at radius 2 is 1.96 bits per heavy atom. The van der Waals surface area contributed by atoms with Gasteiger partial charge in [0, 0.05) is 22.8 Å². The Labute approximate surface area is 153 Å². The first-order valence-electron chi connectivity index (χ1n) is 9.46. The Balaban J connectivity index is 2.03. The molecular weight excluding hydrogens is 328 g/mol. The Bertz CT molecular complexity index is 863. The molecule has 1 fully saturated rings. The van der Waals surface area contributed by atoms with E-state index >= 15 is 0 Å². The number of hydrogen-bond donors (Lipinski definition) is 0. The van der Waals surface area contributed by atoms with E-state index in [0.29, 0.717) is 11.8 Å². The van der Waals surface area contributed by atoms with Crippen molar-refractivity contribution in [3.63, 3.8) is 0 Å². The molecule has 132 valence electrons. The maximum atomic E-state index is 13.5. The Hall–Kier alpha value is -1.55. The zero-order valence-corrected chi connectivity index (χ0v) is 16.2. The third kappa shape index (κ3) is 2.66. The topological polar surface area (TPSA) is 34.9 Å². The van der Waals surface area contributed by atoms with Gasteiger partial charge in [0.25, 0.3) is 5.56 Å². The maximum Gasteiger partial charge on any atom is 0.258 e. The summed E-state index contributed by atoms with van der Waals surface area (Å²) in [4.78, 5) is 18.6. The molecule has 0 unspecified atom stereocenters. The summed E-state index contributed by atoms with van der Waals surface area (Å²) in [6.45, 7) is 7.05. The summed E-state index contributed by atoms with van der Waals surface area (Å²) in [6.07, 6.45) is 5.66. The van der Waals surface area contributed by atoms with Gasteiger partial charge in [0.1, 0.15) is 0 Å². The molecule has 1 aromatic heterocycles. The number of benzene rings is 1. The van der Waals surface area contributed by atoms with Crippen LogP contribution in [0.3, 0.4) is 0 Å². The minimum absolute atomic E-state index is 0.00567. The van der Waals surface area contributed by atoms with Gasteiger partial charge < -0.3 is 0 Å². The molecule has 0 atom stereocenters. The highest BCUT2D eigenvalue weighted by Gasteiger charge is 2.44. The summed E-state index contributed by atoms with van der Waals surface area (Å²) >= 11 is 1.69. The highest BCUT2D eigenvalue weighted by atomic mass is 32.2. The Morgan fingerprint density at radius 1 is 1.24 bits per heavy atom. The van der Waals surface area contributed by atoms with Crippen molar-refractivity contribution in [2.75, 3.05) is 0 Å². The monoisotopic (exact) mass is 354 g/mol. The standard InChI is InChI=1S/C21H26N2OS/c1-4-23-19(24)17-18(22-20(23)25-14(2)3)16-10-6-5-9-15(16)13-21(17)11-7-8-12-21/h5-6,9-10,14H,4,7-8,11-13H2,1-3H3. The summed E-state index contributed by atoms with van der Waals surface area (Å²) < 4.78 is 1.90. The highest BCUT2D eigenvalue weighted by molar-refractivity contribution is 7.99. The second kappa shape index (κ2) is 6.31. The number of fused-ring (bicyclic) bond motifs is 4. The van der Waals surface area contributed by atoms with Crippen LogP contribution in [-0.2, 0) is 18.4 Å². The maximum absolute atomic E-state index is 13.5. The highest BCUT2D eigenvalue weighted by Crippen LogP contribution is 2.49. The molecule has 0 amide bonds. The second-order valence-electron chi connectivity index (χ2n) is 7.66. The first-order chi connectivity index (χ1) is 12.1. The van der Waals surface area contributed by atoms with Crippen molar-refractivity contribution in [3.05, 3.63) is 45.7 Å². The molecule has 0 N–H and O–H groups in total. The van der Waals surface area contributed by atoms with Crippen LogP contribution in [0.4, 0.5) is 0 Å². The minimum Gasteiger partial charge on any atom is -0.288 e. The molecule has 4 rings (SSSR count). The van der Waals surface area contributed by atoms with Crippen LogP contribution in [0.25, 0.3) is 11.3 Å². The van der Waals surface area contributed by atoms with Crippen LogP contribution < -0.4 is 5.56 Å². The first kappa shape index (κ1) is 16.9. The van der Waals surface area contributed by atoms with Gasteiger partial charge in [0.05, 0.1) is 11.3 Å². The number of thioether (sulfide) groups is 1. The van der Waals surface area contributed by atoms with Crippen LogP contribution in [0.5, 0.6) is 0 Å². The summed E-state index contributed by atoms with van der Waals surface area (Å²) in [5.41, 5.74) is 4.69. The van der Waals surface area contributed by atoms with E-state index in [2.05, 4.69) is 45.0 Å². The lowest BCUT2D eigenvalue weighted by molar-refractivity contribution is 0.416. The van der Waals surface area contributed by atoms with Crippen LogP contribution in [0, 0.1) is 0 Å². The number of hydrogen-bond acceptors (Lipinski definition) is 3. The zero-order chi connectivity index (χ0) is 17.6. The van der Waals surface area contributed by atoms with Gasteiger partial charge in [-0.1, -0.05) is 62.7 Å². The van der Waals surface area contributed by atoms with Crippen molar-refractivity contribution >= 4 is 11.8 Å². The third-order valence-electron chi connectivity index (χ3n) is 5.68. The molecule has 0 radical (unpaired) electrons. The van der Waals surface area contributed by atoms with Gasteiger partial charge in [0.2, 0.25) is 0 Å². The van der Waals surface area contributed by atoms with Crippen molar-refractivity contribution in [2.45, 2.75) is 75.2 Å². The van der Waals surface area contributed by atoms with Gasteiger partial charge in [0.15, 0.2) is 5.16 Å². The van der Waals surface area contributed by atoms with Gasteiger partial charge in [-0.2, -0.15) is 0 Å². The molecule has 3 nitrogen and oxygen atoms in total. The predicted octanol–water partition coefficient (Wildman–Crippen LogP) is 4.80. The fraction of sp³-hybridized carbons (Fsp3) is 0.524. The number of rotatable bonds is 3. The number of aromatic nitrogens is 2. The summed E-state index contributed by atoms with van der Waals surface area (Å²) in [7, 11) is 0. The molecule has 25 heavy (non-hydrogen) atoms. The summed E-state index contributed by atoms with van der Waals surface area (Å²) in [5, 5.41) is 1.27. The van der Waals surface area contributed by atoms with Gasteiger partial charge in [-0.05, 0) is 31.7 Å². The van der Waals surface area contributed by atoms with Crippen molar-refractivity contribution < 1.29 is 0 Å². The molecular formula is C21H26N2OS. The average molecular weight is 355 g/mol. The van der Waals surface area contributed by atoms with Gasteiger partial charge >= 0.3 is 0 Å². The molecule has 1 saturated carbocycles. The van der Waals surface area contributed by atoms with E-state index in [4.69, 9.17) is 4.98 Å². The SMILES string of the molecule is CCn1c(SC(C)C)nc2c(c1=O)C1(CCCC1)Cc1ccccc1-2. The Kier molecular flexibility index (Phi) is 4.27. The van der Waals surface area contributed by atoms with Crippen LogP contribution in [0.1, 0.15) is 57.6 Å². The Morgan fingerprint density at radius 3 is 2.64 bits per heavy atom. The van der Waals surface area contributed by atoms with Crippen LogP contribution in [-0.4, -0.2) is 14.8 Å². The molecule has 0 saturated heterocycles. The quantitative estimate of drug-likeness (QED) is 0.587. The zero-order valence-electron chi connectivity index (χ0n) is 15.3. The largest absolute Gasteiger partial charge is 0.288 e. The predicted molar refractivity (Wildman–Crippen MR) is 104 cm³/mol. The summed E-state index contributed by atoms with van der Waals surface area (Å²) in [6, 6.07) is 8.55. The van der Waals surface area contributed by atoms with Crippen molar-refractivity contribution in [1.82, 2.24) is 9.55 Å². The molecule has 0 aliphatic heterocycles. The van der Waals surface area contributed by atoms with E-state index in [1.807, 2.05) is 4.57 Å². The third-order valence-corrected chi connectivity index (χ3v) is 6.68. The van der Waals surface area contributed by atoms with E-state index in [1.165, 1.54) is 24.0 Å². The van der Waals surface area contributed by atoms with Crippen LogP contribution in [0.15, 0.2) is 34.2 Å². The number of nitrogens with zero attached hydrogens (tertiary/aromatic N) is 2. The molecule has 2 aromatic rings.